The maximum absolute atomic E-state index is 11.9. The van der Waals surface area contributed by atoms with Gasteiger partial charge in [-0.2, -0.15) is 0 Å². The van der Waals surface area contributed by atoms with Crippen LogP contribution in [0.15, 0.2) is 0 Å². The van der Waals surface area contributed by atoms with Crippen LogP contribution in [0.1, 0.15) is 33.1 Å². The molecule has 2 nitrogen and oxygen atoms in total. The van der Waals surface area contributed by atoms with E-state index in [4.69, 9.17) is 6.42 Å². The number of nitrogens with zero attached hydrogens (tertiary/aromatic N) is 1. The lowest BCUT2D eigenvalue weighted by atomic mass is 10.1. The molecule has 1 fully saturated rings. The van der Waals surface area contributed by atoms with Gasteiger partial charge in [-0.1, -0.05) is 19.8 Å². The highest BCUT2D eigenvalue weighted by Crippen LogP contribution is 2.30. The van der Waals surface area contributed by atoms with Crippen LogP contribution in [0.3, 0.4) is 0 Å². The molecule has 1 aliphatic rings. The lowest BCUT2D eigenvalue weighted by molar-refractivity contribution is -0.134. The highest BCUT2D eigenvalue weighted by molar-refractivity contribution is 5.78. The average Bonchev–Trinajstić information content (AvgIpc) is 2.98. The van der Waals surface area contributed by atoms with Crippen molar-refractivity contribution < 1.29 is 4.79 Å². The standard InChI is InChI=1S/C12H19NO/c1-4-8-13(9-11-6-7-11)12(14)10(3)5-2/h1,10-11H,5-9H2,2-3H3. The van der Waals surface area contributed by atoms with Gasteiger partial charge < -0.3 is 4.90 Å². The minimum Gasteiger partial charge on any atom is -0.331 e. The van der Waals surface area contributed by atoms with Crippen LogP contribution in [-0.2, 0) is 4.79 Å². The maximum Gasteiger partial charge on any atom is 0.226 e. The number of terminal acetylenes is 1. The first-order chi connectivity index (χ1) is 6.69. The molecule has 0 radical (unpaired) electrons. The van der Waals surface area contributed by atoms with E-state index in [-0.39, 0.29) is 11.8 Å². The molecule has 1 rings (SSSR count). The molecule has 0 aromatic rings. The maximum atomic E-state index is 11.9. The van der Waals surface area contributed by atoms with E-state index in [1.54, 1.807) is 0 Å². The second kappa shape index (κ2) is 5.05. The van der Waals surface area contributed by atoms with Gasteiger partial charge in [0, 0.05) is 12.5 Å². The van der Waals surface area contributed by atoms with E-state index in [1.807, 2.05) is 18.7 Å². The zero-order chi connectivity index (χ0) is 10.6. The minimum absolute atomic E-state index is 0.113. The Morgan fingerprint density at radius 2 is 2.29 bits per heavy atom. The first-order valence-corrected chi connectivity index (χ1v) is 5.41. The summed E-state index contributed by atoms with van der Waals surface area (Å²) in [4.78, 5) is 13.7. The summed E-state index contributed by atoms with van der Waals surface area (Å²) in [5, 5.41) is 0. The summed E-state index contributed by atoms with van der Waals surface area (Å²) < 4.78 is 0. The van der Waals surface area contributed by atoms with E-state index in [1.165, 1.54) is 12.8 Å². The van der Waals surface area contributed by atoms with Crippen LogP contribution in [0.25, 0.3) is 0 Å². The highest BCUT2D eigenvalue weighted by atomic mass is 16.2. The van der Waals surface area contributed by atoms with Crippen LogP contribution in [0.2, 0.25) is 0 Å². The van der Waals surface area contributed by atoms with Gasteiger partial charge in [0.15, 0.2) is 0 Å². The van der Waals surface area contributed by atoms with Crippen LogP contribution >= 0.6 is 0 Å². The Balaban J connectivity index is 2.47. The van der Waals surface area contributed by atoms with E-state index < -0.39 is 0 Å². The van der Waals surface area contributed by atoms with Crippen molar-refractivity contribution in [1.29, 1.82) is 0 Å². The number of rotatable bonds is 5. The third kappa shape index (κ3) is 3.06. The molecule has 0 bridgehead atoms. The predicted molar refractivity (Wildman–Crippen MR) is 57.6 cm³/mol. The van der Waals surface area contributed by atoms with Crippen molar-refractivity contribution in [2.24, 2.45) is 11.8 Å². The molecule has 0 saturated heterocycles. The van der Waals surface area contributed by atoms with Crippen LogP contribution < -0.4 is 0 Å². The van der Waals surface area contributed by atoms with Gasteiger partial charge >= 0.3 is 0 Å². The van der Waals surface area contributed by atoms with Crippen LogP contribution in [0.5, 0.6) is 0 Å². The van der Waals surface area contributed by atoms with Gasteiger partial charge in [0.1, 0.15) is 0 Å². The second-order valence-electron chi connectivity index (χ2n) is 4.18. The Bertz CT molecular complexity index is 237. The molecule has 0 aromatic heterocycles. The van der Waals surface area contributed by atoms with Crippen molar-refractivity contribution in [3.63, 3.8) is 0 Å². The molecule has 14 heavy (non-hydrogen) atoms. The van der Waals surface area contributed by atoms with Crippen LogP contribution in [-0.4, -0.2) is 23.9 Å². The fourth-order valence-corrected chi connectivity index (χ4v) is 1.44. The third-order valence-corrected chi connectivity index (χ3v) is 2.80. The molecule has 0 spiro atoms. The van der Waals surface area contributed by atoms with Gasteiger partial charge in [0.2, 0.25) is 5.91 Å². The lowest BCUT2D eigenvalue weighted by Crippen LogP contribution is -2.36. The Labute approximate surface area is 86.7 Å². The summed E-state index contributed by atoms with van der Waals surface area (Å²) in [6.45, 7) is 5.35. The average molecular weight is 193 g/mol. The summed E-state index contributed by atoms with van der Waals surface area (Å²) in [7, 11) is 0. The molecule has 1 unspecified atom stereocenters. The minimum atomic E-state index is 0.113. The summed E-state index contributed by atoms with van der Waals surface area (Å²) in [6, 6.07) is 0. The van der Waals surface area contributed by atoms with Gasteiger partial charge in [-0.05, 0) is 25.2 Å². The molecule has 1 aliphatic carbocycles. The smallest absolute Gasteiger partial charge is 0.226 e. The van der Waals surface area contributed by atoms with Gasteiger partial charge in [-0.25, -0.2) is 0 Å². The van der Waals surface area contributed by atoms with E-state index in [0.717, 1.165) is 18.9 Å². The number of amides is 1. The zero-order valence-corrected chi connectivity index (χ0v) is 9.12. The number of hydrogen-bond donors (Lipinski definition) is 0. The van der Waals surface area contributed by atoms with Crippen LogP contribution in [0, 0.1) is 24.2 Å². The van der Waals surface area contributed by atoms with E-state index in [2.05, 4.69) is 5.92 Å². The van der Waals surface area contributed by atoms with Crippen molar-refractivity contribution in [3.8, 4) is 12.3 Å². The Morgan fingerprint density at radius 3 is 2.71 bits per heavy atom. The molecule has 1 saturated carbocycles. The fourth-order valence-electron chi connectivity index (χ4n) is 1.44. The normalized spacial score (nSPS) is 17.2. The largest absolute Gasteiger partial charge is 0.331 e. The SMILES string of the molecule is C#CCN(CC1CC1)C(=O)C(C)CC. The van der Waals surface area contributed by atoms with Gasteiger partial charge in [-0.15, -0.1) is 6.42 Å². The quantitative estimate of drug-likeness (QED) is 0.611. The molecular weight excluding hydrogens is 174 g/mol. The fraction of sp³-hybridized carbons (Fsp3) is 0.750. The van der Waals surface area contributed by atoms with E-state index >= 15 is 0 Å². The Hall–Kier alpha value is -0.970. The van der Waals surface area contributed by atoms with Crippen molar-refractivity contribution in [2.45, 2.75) is 33.1 Å². The first-order valence-electron chi connectivity index (χ1n) is 5.41. The molecule has 1 atom stereocenters. The van der Waals surface area contributed by atoms with E-state index in [0.29, 0.717) is 6.54 Å². The molecule has 1 amide bonds. The van der Waals surface area contributed by atoms with E-state index in [9.17, 15) is 4.79 Å². The van der Waals surface area contributed by atoms with Gasteiger partial charge in [0.05, 0.1) is 6.54 Å². The van der Waals surface area contributed by atoms with Crippen LogP contribution in [0.4, 0.5) is 0 Å². The van der Waals surface area contributed by atoms with Crippen molar-refractivity contribution >= 4 is 5.91 Å². The predicted octanol–water partition coefficient (Wildman–Crippen LogP) is 1.90. The monoisotopic (exact) mass is 193 g/mol. The van der Waals surface area contributed by atoms with Gasteiger partial charge in [-0.3, -0.25) is 4.79 Å². The van der Waals surface area contributed by atoms with Crippen molar-refractivity contribution in [2.75, 3.05) is 13.1 Å². The topological polar surface area (TPSA) is 20.3 Å². The Morgan fingerprint density at radius 1 is 1.64 bits per heavy atom. The molecule has 78 valence electrons. The van der Waals surface area contributed by atoms with Crippen molar-refractivity contribution in [3.05, 3.63) is 0 Å². The summed E-state index contributed by atoms with van der Waals surface area (Å²) in [6.07, 6.45) is 8.67. The molecule has 0 heterocycles. The summed E-state index contributed by atoms with van der Waals surface area (Å²) >= 11 is 0. The highest BCUT2D eigenvalue weighted by Gasteiger charge is 2.27. The third-order valence-electron chi connectivity index (χ3n) is 2.80. The number of hydrogen-bond acceptors (Lipinski definition) is 1. The summed E-state index contributed by atoms with van der Waals surface area (Å²) in [5.74, 6) is 3.62. The first kappa shape index (κ1) is 11.1. The number of carbonyl (C=O) groups excluding carboxylic acids is 1. The Kier molecular flexibility index (Phi) is 4.00. The molecule has 2 heteroatoms. The second-order valence-corrected chi connectivity index (χ2v) is 4.18. The molecular formula is C12H19NO. The summed E-state index contributed by atoms with van der Waals surface area (Å²) in [5.41, 5.74) is 0. The molecule has 0 aromatic carbocycles. The number of carbonyl (C=O) groups is 1. The molecule has 0 aliphatic heterocycles. The van der Waals surface area contributed by atoms with Crippen molar-refractivity contribution in [1.82, 2.24) is 4.90 Å². The zero-order valence-electron chi connectivity index (χ0n) is 9.12. The van der Waals surface area contributed by atoms with Gasteiger partial charge in [0.25, 0.3) is 0 Å². The molecule has 0 N–H and O–H groups in total. The lowest BCUT2D eigenvalue weighted by Gasteiger charge is -2.23.